The number of nitrogens with one attached hydrogen (secondary N) is 1. The summed E-state index contributed by atoms with van der Waals surface area (Å²) < 4.78 is 13.0. The van der Waals surface area contributed by atoms with Gasteiger partial charge in [-0.15, -0.1) is 0 Å². The molecule has 0 atom stereocenters. The first-order valence-electron chi connectivity index (χ1n) is 6.92. The van der Waals surface area contributed by atoms with Crippen molar-refractivity contribution < 1.29 is 19.1 Å². The van der Waals surface area contributed by atoms with Crippen LogP contribution in [-0.2, 0) is 4.79 Å². The van der Waals surface area contributed by atoms with Gasteiger partial charge in [0, 0.05) is 0 Å². The van der Waals surface area contributed by atoms with E-state index >= 15 is 0 Å². The first-order valence-corrected chi connectivity index (χ1v) is 7.32. The van der Waals surface area contributed by atoms with Crippen LogP contribution in [-0.4, -0.2) is 22.1 Å². The van der Waals surface area contributed by atoms with Gasteiger partial charge >= 0.3 is 5.97 Å². The van der Waals surface area contributed by atoms with Gasteiger partial charge in [-0.1, -0.05) is 12.1 Å². The second-order valence-electron chi connectivity index (χ2n) is 5.03. The van der Waals surface area contributed by atoms with E-state index in [9.17, 15) is 14.0 Å². The van der Waals surface area contributed by atoms with Gasteiger partial charge in [-0.25, -0.2) is 9.18 Å². The Balaban J connectivity index is 1.87. The first kappa shape index (κ1) is 15.8. The van der Waals surface area contributed by atoms with Crippen LogP contribution in [0.1, 0.15) is 15.9 Å². The number of carbonyl (C=O) groups excluding carboxylic acids is 1. The van der Waals surface area contributed by atoms with Crippen molar-refractivity contribution in [1.29, 1.82) is 0 Å². The molecule has 0 saturated carbocycles. The molecule has 0 radical (unpaired) electrons. The zero-order valence-electron chi connectivity index (χ0n) is 12.2. The molecule has 1 saturated heterocycles. The molecule has 0 bridgehead atoms. The van der Waals surface area contributed by atoms with Crippen molar-refractivity contribution in [1.82, 2.24) is 5.32 Å². The number of nitrogens with zero attached hydrogens (tertiary/aromatic N) is 1. The summed E-state index contributed by atoms with van der Waals surface area (Å²) in [4.78, 5) is 24.6. The molecule has 1 amide bonds. The average Bonchev–Trinajstić information content (AvgIpc) is 2.83. The van der Waals surface area contributed by atoms with Crippen molar-refractivity contribution in [3.05, 3.63) is 71.2 Å². The Bertz CT molecular complexity index is 860. The van der Waals surface area contributed by atoms with E-state index in [0.29, 0.717) is 11.3 Å². The fraction of sp³-hybridized carbons (Fsp3) is 0. The molecule has 0 spiro atoms. The fourth-order valence-electron chi connectivity index (χ4n) is 2.25. The van der Waals surface area contributed by atoms with Crippen LogP contribution in [0, 0.1) is 5.82 Å². The van der Waals surface area contributed by atoms with Gasteiger partial charge in [0.05, 0.1) is 11.3 Å². The molecule has 7 heteroatoms. The van der Waals surface area contributed by atoms with Crippen molar-refractivity contribution >= 4 is 41.0 Å². The fourth-order valence-corrected chi connectivity index (χ4v) is 2.55. The molecule has 1 aliphatic heterocycles. The Morgan fingerprint density at radius 1 is 1.12 bits per heavy atom. The number of aromatic carboxylic acids is 1. The van der Waals surface area contributed by atoms with Gasteiger partial charge in [-0.2, -0.15) is 0 Å². The molecule has 0 unspecified atom stereocenters. The number of carboxylic acids is 1. The highest BCUT2D eigenvalue weighted by atomic mass is 32.1. The molecule has 2 N–H and O–H groups in total. The first-order chi connectivity index (χ1) is 11.5. The largest absolute Gasteiger partial charge is 0.478 e. The van der Waals surface area contributed by atoms with E-state index in [0.717, 1.165) is 0 Å². The summed E-state index contributed by atoms with van der Waals surface area (Å²) >= 11 is 5.16. The van der Waals surface area contributed by atoms with Gasteiger partial charge in [0.2, 0.25) is 0 Å². The minimum Gasteiger partial charge on any atom is -0.478 e. The van der Waals surface area contributed by atoms with Gasteiger partial charge in [-0.05, 0) is 60.3 Å². The van der Waals surface area contributed by atoms with Crippen molar-refractivity contribution in [3.8, 4) is 0 Å². The molecule has 1 fully saturated rings. The standard InChI is InChI=1S/C17H11FN2O3S/c18-12-5-7-13(8-6-12)20-15(21)14(19-17(20)24)9-10-1-3-11(4-2-10)16(22)23/h1-9H,(H,19,24)(H,22,23)/b14-9-. The lowest BCUT2D eigenvalue weighted by Gasteiger charge is -2.13. The summed E-state index contributed by atoms with van der Waals surface area (Å²) in [6.07, 6.45) is 1.57. The smallest absolute Gasteiger partial charge is 0.335 e. The predicted octanol–water partition coefficient (Wildman–Crippen LogP) is 2.79. The summed E-state index contributed by atoms with van der Waals surface area (Å²) in [5.74, 6) is -1.79. The predicted molar refractivity (Wildman–Crippen MR) is 91.0 cm³/mol. The number of benzene rings is 2. The Kier molecular flexibility index (Phi) is 4.09. The maximum absolute atomic E-state index is 13.0. The zero-order chi connectivity index (χ0) is 17.3. The molecule has 24 heavy (non-hydrogen) atoms. The minimum absolute atomic E-state index is 0.159. The third-order valence-electron chi connectivity index (χ3n) is 3.43. The van der Waals surface area contributed by atoms with Crippen LogP contribution >= 0.6 is 12.2 Å². The van der Waals surface area contributed by atoms with Gasteiger partial charge in [0.15, 0.2) is 5.11 Å². The molecule has 0 aliphatic carbocycles. The summed E-state index contributed by atoms with van der Waals surface area (Å²) in [6, 6.07) is 11.5. The molecular weight excluding hydrogens is 331 g/mol. The molecule has 0 aromatic heterocycles. The molecule has 5 nitrogen and oxygen atoms in total. The normalized spacial score (nSPS) is 15.7. The van der Waals surface area contributed by atoms with E-state index in [1.807, 2.05) is 0 Å². The van der Waals surface area contributed by atoms with Gasteiger partial charge in [0.1, 0.15) is 11.5 Å². The maximum Gasteiger partial charge on any atom is 0.335 e. The maximum atomic E-state index is 13.0. The van der Waals surface area contributed by atoms with Crippen LogP contribution in [0.5, 0.6) is 0 Å². The number of carboxylic acid groups (broad SMARTS) is 1. The Morgan fingerprint density at radius 2 is 1.75 bits per heavy atom. The van der Waals surface area contributed by atoms with Crippen LogP contribution in [0.2, 0.25) is 0 Å². The van der Waals surface area contributed by atoms with E-state index < -0.39 is 11.8 Å². The van der Waals surface area contributed by atoms with Crippen LogP contribution < -0.4 is 10.2 Å². The number of hydrogen-bond acceptors (Lipinski definition) is 3. The molecule has 120 valence electrons. The number of anilines is 1. The number of carbonyl (C=O) groups is 2. The summed E-state index contributed by atoms with van der Waals surface area (Å²) in [5.41, 5.74) is 1.53. The average molecular weight is 342 g/mol. The number of thiocarbonyl (C=S) groups is 1. The quantitative estimate of drug-likeness (QED) is 0.663. The molecule has 2 aromatic carbocycles. The zero-order valence-corrected chi connectivity index (χ0v) is 13.0. The van der Waals surface area contributed by atoms with Gasteiger partial charge < -0.3 is 10.4 Å². The lowest BCUT2D eigenvalue weighted by molar-refractivity contribution is -0.113. The third kappa shape index (κ3) is 3.02. The molecule has 1 heterocycles. The lowest BCUT2D eigenvalue weighted by Crippen LogP contribution is -2.30. The van der Waals surface area contributed by atoms with Crippen molar-refractivity contribution in [3.63, 3.8) is 0 Å². The number of amides is 1. The van der Waals surface area contributed by atoms with Crippen LogP contribution in [0.3, 0.4) is 0 Å². The molecular formula is C17H11FN2O3S. The summed E-state index contributed by atoms with van der Waals surface area (Å²) in [5, 5.41) is 11.9. The second-order valence-corrected chi connectivity index (χ2v) is 5.42. The van der Waals surface area contributed by atoms with E-state index in [4.69, 9.17) is 17.3 Å². The SMILES string of the molecule is O=C(O)c1ccc(/C=C2\NC(=S)N(c3ccc(F)cc3)C2=O)cc1. The number of halogens is 1. The lowest BCUT2D eigenvalue weighted by atomic mass is 10.1. The molecule has 3 rings (SSSR count). The summed E-state index contributed by atoms with van der Waals surface area (Å²) in [6.45, 7) is 0. The van der Waals surface area contributed by atoms with Crippen LogP contribution in [0.4, 0.5) is 10.1 Å². The molecule has 1 aliphatic rings. The third-order valence-corrected chi connectivity index (χ3v) is 3.72. The Hall–Kier alpha value is -3.06. The van der Waals surface area contributed by atoms with Crippen molar-refractivity contribution in [2.75, 3.05) is 4.90 Å². The topological polar surface area (TPSA) is 69.6 Å². The van der Waals surface area contributed by atoms with Gasteiger partial charge in [-0.3, -0.25) is 9.69 Å². The van der Waals surface area contributed by atoms with Gasteiger partial charge in [0.25, 0.3) is 5.91 Å². The molecule has 2 aromatic rings. The number of rotatable bonds is 3. The highest BCUT2D eigenvalue weighted by Gasteiger charge is 2.31. The second kappa shape index (κ2) is 6.21. The van der Waals surface area contributed by atoms with E-state index in [2.05, 4.69) is 5.32 Å². The van der Waals surface area contributed by atoms with Crippen LogP contribution in [0.15, 0.2) is 54.2 Å². The highest BCUT2D eigenvalue weighted by Crippen LogP contribution is 2.22. The van der Waals surface area contributed by atoms with E-state index in [1.54, 1.807) is 18.2 Å². The van der Waals surface area contributed by atoms with Crippen LogP contribution in [0.25, 0.3) is 6.08 Å². The Morgan fingerprint density at radius 3 is 2.33 bits per heavy atom. The monoisotopic (exact) mass is 342 g/mol. The Labute approximate surface area is 142 Å². The highest BCUT2D eigenvalue weighted by molar-refractivity contribution is 7.80. The minimum atomic E-state index is -1.02. The van der Waals surface area contributed by atoms with Crippen molar-refractivity contribution in [2.45, 2.75) is 0 Å². The van der Waals surface area contributed by atoms with E-state index in [1.165, 1.54) is 41.3 Å². The summed E-state index contributed by atoms with van der Waals surface area (Å²) in [7, 11) is 0. The number of hydrogen-bond donors (Lipinski definition) is 2. The van der Waals surface area contributed by atoms with E-state index in [-0.39, 0.29) is 22.3 Å². The van der Waals surface area contributed by atoms with Crippen molar-refractivity contribution in [2.24, 2.45) is 0 Å².